The van der Waals surface area contributed by atoms with Gasteiger partial charge in [-0.15, -0.1) is 0 Å². The van der Waals surface area contributed by atoms with Crippen LogP contribution >= 0.6 is 11.6 Å². The van der Waals surface area contributed by atoms with E-state index in [9.17, 15) is 4.39 Å². The molecule has 0 aliphatic carbocycles. The highest BCUT2D eigenvalue weighted by molar-refractivity contribution is 6.31. The minimum absolute atomic E-state index is 0.166. The lowest BCUT2D eigenvalue weighted by molar-refractivity contribution is 0.595. The number of nitrogens with zero attached hydrogens (tertiary/aromatic N) is 2. The molecular weight excluding hydrogens is 265 g/mol. The Morgan fingerprint density at radius 1 is 1.47 bits per heavy atom. The third-order valence-electron chi connectivity index (χ3n) is 3.03. The van der Waals surface area contributed by atoms with Gasteiger partial charge in [0.15, 0.2) is 0 Å². The van der Waals surface area contributed by atoms with Crippen molar-refractivity contribution in [2.24, 2.45) is 0 Å². The number of rotatable bonds is 5. The minimum atomic E-state index is -0.396. The van der Waals surface area contributed by atoms with Crippen LogP contribution in [0.15, 0.2) is 30.6 Å². The summed E-state index contributed by atoms with van der Waals surface area (Å²) in [6.45, 7) is 5.52. The van der Waals surface area contributed by atoms with Gasteiger partial charge < -0.3 is 5.32 Å². The van der Waals surface area contributed by atoms with Crippen LogP contribution in [-0.2, 0) is 6.54 Å². The summed E-state index contributed by atoms with van der Waals surface area (Å²) in [5, 5.41) is 7.77. The van der Waals surface area contributed by atoms with Crippen molar-refractivity contribution in [2.75, 3.05) is 6.54 Å². The number of halogens is 2. The maximum Gasteiger partial charge on any atom is 0.142 e. The molecule has 1 aromatic heterocycles. The molecule has 0 amide bonds. The van der Waals surface area contributed by atoms with E-state index in [2.05, 4.69) is 24.3 Å². The van der Waals surface area contributed by atoms with Crippen molar-refractivity contribution in [2.45, 2.75) is 26.4 Å². The van der Waals surface area contributed by atoms with E-state index in [1.165, 1.54) is 6.07 Å². The number of hydrogen-bond donors (Lipinski definition) is 1. The molecule has 3 nitrogen and oxygen atoms in total. The average Bonchev–Trinajstić information content (AvgIpc) is 2.84. The average molecular weight is 282 g/mol. The maximum atomic E-state index is 13.3. The van der Waals surface area contributed by atoms with Gasteiger partial charge in [0, 0.05) is 17.8 Å². The first kappa shape index (κ1) is 14.0. The van der Waals surface area contributed by atoms with Crippen LogP contribution in [0.5, 0.6) is 0 Å². The van der Waals surface area contributed by atoms with Crippen LogP contribution in [0, 0.1) is 5.82 Å². The summed E-state index contributed by atoms with van der Waals surface area (Å²) in [5.41, 5.74) is 1.83. The van der Waals surface area contributed by atoms with Gasteiger partial charge in [-0.25, -0.2) is 4.39 Å². The first-order valence-corrected chi connectivity index (χ1v) is 6.68. The van der Waals surface area contributed by atoms with Crippen molar-refractivity contribution in [1.82, 2.24) is 15.1 Å². The smallest absolute Gasteiger partial charge is 0.142 e. The lowest BCUT2D eigenvalue weighted by atomic mass is 10.2. The Labute approximate surface area is 117 Å². The molecule has 0 aliphatic rings. The Morgan fingerprint density at radius 3 is 3.00 bits per heavy atom. The summed E-state index contributed by atoms with van der Waals surface area (Å²) in [4.78, 5) is 0. The van der Waals surface area contributed by atoms with Gasteiger partial charge >= 0.3 is 0 Å². The van der Waals surface area contributed by atoms with Crippen molar-refractivity contribution >= 4 is 11.6 Å². The number of nitrogens with one attached hydrogen (secondary N) is 1. The van der Waals surface area contributed by atoms with Gasteiger partial charge in [-0.2, -0.15) is 5.10 Å². The molecule has 1 heterocycles. The fourth-order valence-corrected chi connectivity index (χ4v) is 2.14. The lowest BCUT2D eigenvalue weighted by Gasteiger charge is -2.09. The Hall–Kier alpha value is -1.39. The highest BCUT2D eigenvalue weighted by Crippen LogP contribution is 2.21. The molecule has 19 heavy (non-hydrogen) atoms. The van der Waals surface area contributed by atoms with Gasteiger partial charge in [0.05, 0.1) is 17.8 Å². The van der Waals surface area contributed by atoms with Crippen molar-refractivity contribution < 1.29 is 4.39 Å². The lowest BCUT2D eigenvalue weighted by Crippen LogP contribution is -2.17. The van der Waals surface area contributed by atoms with Crippen molar-refractivity contribution in [1.29, 1.82) is 0 Å². The van der Waals surface area contributed by atoms with Crippen LogP contribution in [0.3, 0.4) is 0 Å². The summed E-state index contributed by atoms with van der Waals surface area (Å²) >= 11 is 5.93. The predicted molar refractivity (Wildman–Crippen MR) is 74.8 cm³/mol. The molecule has 0 fully saturated rings. The first-order valence-electron chi connectivity index (χ1n) is 6.30. The Bertz CT molecular complexity index is 553. The van der Waals surface area contributed by atoms with Crippen LogP contribution in [0.4, 0.5) is 4.39 Å². The van der Waals surface area contributed by atoms with Gasteiger partial charge in [-0.05, 0) is 25.1 Å². The van der Waals surface area contributed by atoms with E-state index in [0.29, 0.717) is 6.54 Å². The SMILES string of the molecule is CCNC(C)c1cnn(Cc2cccc(F)c2Cl)c1. The van der Waals surface area contributed by atoms with E-state index in [1.807, 2.05) is 12.4 Å². The van der Waals surface area contributed by atoms with Crippen molar-refractivity contribution in [3.63, 3.8) is 0 Å². The van der Waals surface area contributed by atoms with Gasteiger partial charge in [0.2, 0.25) is 0 Å². The van der Waals surface area contributed by atoms with E-state index in [0.717, 1.165) is 17.7 Å². The van der Waals surface area contributed by atoms with E-state index in [1.54, 1.807) is 16.8 Å². The van der Waals surface area contributed by atoms with Crippen molar-refractivity contribution in [3.05, 3.63) is 52.6 Å². The number of benzene rings is 1. The zero-order valence-corrected chi connectivity index (χ0v) is 11.8. The Kier molecular flexibility index (Phi) is 4.56. The zero-order valence-electron chi connectivity index (χ0n) is 11.0. The second kappa shape index (κ2) is 6.17. The Balaban J connectivity index is 2.14. The van der Waals surface area contributed by atoms with E-state index in [-0.39, 0.29) is 11.1 Å². The molecule has 0 aliphatic heterocycles. The topological polar surface area (TPSA) is 29.9 Å². The molecule has 0 radical (unpaired) electrons. The molecule has 0 spiro atoms. The monoisotopic (exact) mass is 281 g/mol. The molecule has 5 heteroatoms. The third-order valence-corrected chi connectivity index (χ3v) is 3.45. The first-order chi connectivity index (χ1) is 9.11. The largest absolute Gasteiger partial charge is 0.310 e. The second-order valence-corrected chi connectivity index (χ2v) is 4.84. The molecule has 0 saturated heterocycles. The van der Waals surface area contributed by atoms with Crippen LogP contribution in [-0.4, -0.2) is 16.3 Å². The third kappa shape index (κ3) is 3.33. The molecule has 1 N–H and O–H groups in total. The molecule has 2 rings (SSSR count). The molecule has 0 saturated carbocycles. The van der Waals surface area contributed by atoms with Gasteiger partial charge in [-0.3, -0.25) is 4.68 Å². The van der Waals surface area contributed by atoms with E-state index >= 15 is 0 Å². The fourth-order valence-electron chi connectivity index (χ4n) is 1.96. The standard InChI is InChI=1S/C14H17ClFN3/c1-3-17-10(2)12-7-18-19(9-12)8-11-5-4-6-13(16)14(11)15/h4-7,9-10,17H,3,8H2,1-2H3. The highest BCUT2D eigenvalue weighted by atomic mass is 35.5. The van der Waals surface area contributed by atoms with E-state index < -0.39 is 5.82 Å². The van der Waals surface area contributed by atoms with E-state index in [4.69, 9.17) is 11.6 Å². The summed E-state index contributed by atoms with van der Waals surface area (Å²) in [6, 6.07) is 5.07. The normalized spacial score (nSPS) is 12.6. The van der Waals surface area contributed by atoms with Gasteiger partial charge in [0.1, 0.15) is 5.82 Å². The highest BCUT2D eigenvalue weighted by Gasteiger charge is 2.09. The van der Waals surface area contributed by atoms with Crippen LogP contribution < -0.4 is 5.32 Å². The summed E-state index contributed by atoms with van der Waals surface area (Å²) in [7, 11) is 0. The van der Waals surface area contributed by atoms with Crippen LogP contribution in [0.2, 0.25) is 5.02 Å². The summed E-state index contributed by atoms with van der Waals surface area (Å²) < 4.78 is 15.1. The molecule has 2 aromatic rings. The van der Waals surface area contributed by atoms with Gasteiger partial charge in [0.25, 0.3) is 0 Å². The molecule has 0 bridgehead atoms. The quantitative estimate of drug-likeness (QED) is 0.910. The molecule has 1 unspecified atom stereocenters. The maximum absolute atomic E-state index is 13.3. The molecule has 1 atom stereocenters. The summed E-state index contributed by atoms with van der Waals surface area (Å²) in [6.07, 6.45) is 3.77. The molecule has 1 aromatic carbocycles. The fraction of sp³-hybridized carbons (Fsp3) is 0.357. The minimum Gasteiger partial charge on any atom is -0.310 e. The number of hydrogen-bond acceptors (Lipinski definition) is 2. The Morgan fingerprint density at radius 2 is 2.26 bits per heavy atom. The van der Waals surface area contributed by atoms with Crippen LogP contribution in [0.25, 0.3) is 0 Å². The molecule has 102 valence electrons. The van der Waals surface area contributed by atoms with Crippen molar-refractivity contribution in [3.8, 4) is 0 Å². The number of aromatic nitrogens is 2. The van der Waals surface area contributed by atoms with Crippen LogP contribution in [0.1, 0.15) is 31.0 Å². The predicted octanol–water partition coefficient (Wildman–Crippen LogP) is 3.39. The molecular formula is C14H17ClFN3. The zero-order chi connectivity index (χ0) is 13.8. The second-order valence-electron chi connectivity index (χ2n) is 4.46. The van der Waals surface area contributed by atoms with Gasteiger partial charge in [-0.1, -0.05) is 30.7 Å². The summed E-state index contributed by atoms with van der Waals surface area (Å²) in [5.74, 6) is -0.396.